The maximum atomic E-state index is 11.6. The van der Waals surface area contributed by atoms with Gasteiger partial charge >= 0.3 is 5.97 Å². The molecule has 0 fully saturated rings. The number of likely N-dealkylation sites (N-methyl/N-ethyl adjacent to an activating group) is 1. The van der Waals surface area contributed by atoms with Gasteiger partial charge in [-0.3, -0.25) is 9.59 Å². The van der Waals surface area contributed by atoms with E-state index in [0.29, 0.717) is 11.0 Å². The Hall–Kier alpha value is -1.43. The fourth-order valence-corrected chi connectivity index (χ4v) is 1.37. The number of Topliss-reactive ketones (excluding diaryl/α,β-unsaturated/α-hetero) is 1. The predicted octanol–water partition coefficient (Wildman–Crippen LogP) is -1.03. The van der Waals surface area contributed by atoms with Gasteiger partial charge in [0.05, 0.1) is 21.1 Å². The number of carbonyl (C=O) groups is 3. The van der Waals surface area contributed by atoms with Crippen molar-refractivity contribution in [3.05, 3.63) is 0 Å². The van der Waals surface area contributed by atoms with Crippen LogP contribution in [0.3, 0.4) is 0 Å². The molecule has 18 heavy (non-hydrogen) atoms. The Morgan fingerprint density at radius 2 is 1.72 bits per heavy atom. The number of esters is 1. The average molecular weight is 259 g/mol. The van der Waals surface area contributed by atoms with Crippen LogP contribution in [0.5, 0.6) is 0 Å². The Morgan fingerprint density at radius 3 is 2.06 bits per heavy atom. The van der Waals surface area contributed by atoms with Gasteiger partial charge in [0.15, 0.2) is 6.10 Å². The highest BCUT2D eigenvalue weighted by Gasteiger charge is 2.26. The molecule has 6 heteroatoms. The second-order valence-corrected chi connectivity index (χ2v) is 5.44. The lowest BCUT2D eigenvalue weighted by atomic mass is 10.1. The molecular weight excluding hydrogens is 238 g/mol. The van der Waals surface area contributed by atoms with E-state index in [1.807, 2.05) is 21.1 Å². The van der Waals surface area contributed by atoms with Crippen molar-refractivity contribution in [3.8, 4) is 0 Å². The molecule has 6 nitrogen and oxygen atoms in total. The van der Waals surface area contributed by atoms with E-state index in [2.05, 4.69) is 0 Å². The van der Waals surface area contributed by atoms with E-state index in [9.17, 15) is 19.5 Å². The van der Waals surface area contributed by atoms with Crippen LogP contribution in [-0.2, 0) is 19.1 Å². The maximum absolute atomic E-state index is 11.6. The lowest BCUT2D eigenvalue weighted by molar-refractivity contribution is -0.873. The number of carbonyl (C=O) groups excluding carboxylic acids is 3. The minimum atomic E-state index is -1.28. The fourth-order valence-electron chi connectivity index (χ4n) is 1.37. The van der Waals surface area contributed by atoms with Crippen LogP contribution in [0, 0.1) is 5.92 Å². The molecule has 0 aromatic heterocycles. The summed E-state index contributed by atoms with van der Waals surface area (Å²) in [5, 5.41) is 10.6. The number of carboxylic acid groups (broad SMARTS) is 1. The van der Waals surface area contributed by atoms with Gasteiger partial charge in [0.1, 0.15) is 18.2 Å². The molecule has 104 valence electrons. The number of carboxylic acids is 1. The average Bonchev–Trinajstić information content (AvgIpc) is 2.11. The quantitative estimate of drug-likeness (QED) is 0.331. The van der Waals surface area contributed by atoms with Gasteiger partial charge in [0.25, 0.3) is 0 Å². The summed E-state index contributed by atoms with van der Waals surface area (Å²) in [4.78, 5) is 33.2. The van der Waals surface area contributed by atoms with Crippen LogP contribution in [0.4, 0.5) is 0 Å². The minimum absolute atomic E-state index is 0.308. The van der Waals surface area contributed by atoms with Crippen molar-refractivity contribution in [1.29, 1.82) is 0 Å². The second-order valence-electron chi connectivity index (χ2n) is 5.44. The molecule has 0 aliphatic rings. The van der Waals surface area contributed by atoms with Gasteiger partial charge in [-0.25, -0.2) is 0 Å². The number of rotatable bonds is 7. The zero-order valence-electron chi connectivity index (χ0n) is 11.6. The van der Waals surface area contributed by atoms with Gasteiger partial charge in [-0.05, 0) is 13.8 Å². The first-order valence-electron chi connectivity index (χ1n) is 5.74. The highest BCUT2D eigenvalue weighted by molar-refractivity contribution is 5.97. The van der Waals surface area contributed by atoms with Gasteiger partial charge < -0.3 is 19.1 Å². The molecule has 0 aliphatic carbocycles. The predicted molar refractivity (Wildman–Crippen MR) is 62.2 cm³/mol. The van der Waals surface area contributed by atoms with Crippen molar-refractivity contribution in [2.75, 3.05) is 27.7 Å². The van der Waals surface area contributed by atoms with Gasteiger partial charge in [-0.15, -0.1) is 0 Å². The summed E-state index contributed by atoms with van der Waals surface area (Å²) in [5.41, 5.74) is 0. The van der Waals surface area contributed by atoms with Crippen molar-refractivity contribution in [2.24, 2.45) is 5.92 Å². The molecule has 0 amide bonds. The summed E-state index contributed by atoms with van der Waals surface area (Å²) in [6.45, 7) is 3.07. The molecule has 0 spiro atoms. The van der Waals surface area contributed by atoms with E-state index in [1.165, 1.54) is 13.8 Å². The van der Waals surface area contributed by atoms with Crippen LogP contribution >= 0.6 is 0 Å². The first-order valence-corrected chi connectivity index (χ1v) is 5.74. The Bertz CT molecular complexity index is 332. The topological polar surface area (TPSA) is 83.5 Å². The van der Waals surface area contributed by atoms with Crippen molar-refractivity contribution in [3.63, 3.8) is 0 Å². The smallest absolute Gasteiger partial charge is 0.316 e. The first-order chi connectivity index (χ1) is 8.03. The monoisotopic (exact) mass is 259 g/mol. The highest BCUT2D eigenvalue weighted by Crippen LogP contribution is 2.09. The molecule has 0 rings (SSSR count). The largest absolute Gasteiger partial charge is 0.550 e. The number of aliphatic carboxylic acids is 1. The number of nitrogens with zero attached hydrogens (tertiary/aromatic N) is 1. The Labute approximate surface area is 107 Å². The van der Waals surface area contributed by atoms with E-state index >= 15 is 0 Å². The van der Waals surface area contributed by atoms with E-state index in [4.69, 9.17) is 4.74 Å². The molecule has 0 heterocycles. The Kier molecular flexibility index (Phi) is 5.97. The molecule has 0 saturated carbocycles. The van der Waals surface area contributed by atoms with Crippen LogP contribution < -0.4 is 5.11 Å². The van der Waals surface area contributed by atoms with Gasteiger partial charge in [0, 0.05) is 12.4 Å². The lowest BCUT2D eigenvalue weighted by Crippen LogP contribution is -2.45. The number of hydrogen-bond donors (Lipinski definition) is 0. The normalized spacial score (nSPS) is 14.7. The minimum Gasteiger partial charge on any atom is -0.550 e. The first kappa shape index (κ1) is 16.6. The van der Waals surface area contributed by atoms with E-state index < -0.39 is 24.0 Å². The van der Waals surface area contributed by atoms with Crippen molar-refractivity contribution >= 4 is 17.7 Å². The third kappa shape index (κ3) is 7.01. The van der Waals surface area contributed by atoms with E-state index in [0.717, 1.165) is 0 Å². The van der Waals surface area contributed by atoms with Gasteiger partial charge in [-0.1, -0.05) is 0 Å². The molecule has 0 saturated heterocycles. The molecule has 0 aromatic rings. The van der Waals surface area contributed by atoms with Crippen molar-refractivity contribution in [2.45, 2.75) is 26.4 Å². The number of ether oxygens (including phenoxy) is 1. The molecule has 0 aromatic carbocycles. The standard InChI is InChI=1S/C12H21NO5/c1-8(9(2)14)12(17)18-10(6-11(15)16)7-13(3,4)5/h8,10H,6-7H2,1-5H3. The highest BCUT2D eigenvalue weighted by atomic mass is 16.5. The van der Waals surface area contributed by atoms with Crippen LogP contribution in [0.1, 0.15) is 20.3 Å². The summed E-state index contributed by atoms with van der Waals surface area (Å²) in [6, 6.07) is 0. The third-order valence-corrected chi connectivity index (χ3v) is 2.39. The molecule has 2 atom stereocenters. The van der Waals surface area contributed by atoms with Gasteiger partial charge in [-0.2, -0.15) is 0 Å². The summed E-state index contributed by atoms with van der Waals surface area (Å²) in [6.07, 6.45) is -1.16. The summed E-state index contributed by atoms with van der Waals surface area (Å²) >= 11 is 0. The molecular formula is C12H21NO5. The zero-order valence-corrected chi connectivity index (χ0v) is 11.6. The molecule has 2 unspecified atom stereocenters. The Morgan fingerprint density at radius 1 is 1.22 bits per heavy atom. The molecule has 0 aliphatic heterocycles. The van der Waals surface area contributed by atoms with E-state index in [1.54, 1.807) is 0 Å². The number of quaternary nitrogens is 1. The van der Waals surface area contributed by atoms with Crippen molar-refractivity contribution < 1.29 is 28.7 Å². The molecule has 0 bridgehead atoms. The van der Waals surface area contributed by atoms with Crippen molar-refractivity contribution in [1.82, 2.24) is 0 Å². The number of hydrogen-bond acceptors (Lipinski definition) is 5. The number of ketones is 1. The lowest BCUT2D eigenvalue weighted by Gasteiger charge is -2.29. The third-order valence-electron chi connectivity index (χ3n) is 2.39. The SMILES string of the molecule is CC(=O)C(C)C(=O)OC(CC(=O)[O-])C[N+](C)(C)C. The second kappa shape index (κ2) is 6.49. The summed E-state index contributed by atoms with van der Waals surface area (Å²) in [7, 11) is 5.56. The fraction of sp³-hybridized carbons (Fsp3) is 0.750. The van der Waals surface area contributed by atoms with Crippen LogP contribution in [0.25, 0.3) is 0 Å². The maximum Gasteiger partial charge on any atom is 0.316 e. The van der Waals surface area contributed by atoms with E-state index in [-0.39, 0.29) is 12.2 Å². The molecule has 0 radical (unpaired) electrons. The molecule has 0 N–H and O–H groups in total. The summed E-state index contributed by atoms with van der Waals surface area (Å²) in [5.74, 6) is -3.15. The van der Waals surface area contributed by atoms with Crippen LogP contribution in [0.2, 0.25) is 0 Å². The van der Waals surface area contributed by atoms with Gasteiger partial charge in [0.2, 0.25) is 0 Å². The van der Waals surface area contributed by atoms with Crippen LogP contribution in [0.15, 0.2) is 0 Å². The Balaban J connectivity index is 4.63. The summed E-state index contributed by atoms with van der Waals surface area (Å²) < 4.78 is 5.51. The zero-order chi connectivity index (χ0) is 14.5. The van der Waals surface area contributed by atoms with Crippen LogP contribution in [-0.4, -0.2) is 56.0 Å².